The summed E-state index contributed by atoms with van der Waals surface area (Å²) in [5.41, 5.74) is 0. The molecule has 1 heterocycles. The predicted molar refractivity (Wildman–Crippen MR) is 41.2 cm³/mol. The van der Waals surface area contributed by atoms with Gasteiger partial charge >= 0.3 is 0 Å². The molecule has 0 radical (unpaired) electrons. The molecule has 11 heavy (non-hydrogen) atoms. The first-order valence-electron chi connectivity index (χ1n) is 4.28. The number of nitrogens with one attached hydrogen (secondary N) is 1. The molecule has 1 atom stereocenters. The van der Waals surface area contributed by atoms with Crippen LogP contribution >= 0.6 is 0 Å². The van der Waals surface area contributed by atoms with Crippen molar-refractivity contribution in [2.24, 2.45) is 15.5 Å². The second-order valence-corrected chi connectivity index (χ2v) is 3.19. The Bertz CT molecular complexity index is 169. The molecule has 0 saturated heterocycles. The highest BCUT2D eigenvalue weighted by Crippen LogP contribution is 2.15. The number of rotatable bonds is 1. The monoisotopic (exact) mass is 153 g/mol. The lowest BCUT2D eigenvalue weighted by Crippen LogP contribution is -3.09. The molecule has 1 aliphatic heterocycles. The van der Waals surface area contributed by atoms with Gasteiger partial charge in [-0.25, -0.2) is 0 Å². The third-order valence-electron chi connectivity index (χ3n) is 2.43. The quantitative estimate of drug-likeness (QED) is 0.571. The fraction of sp³-hybridized carbons (Fsp3) is 0.857. The standard InChI is InChI=1S/C7H12N4/c1-2-4-7(5-3-1)11-6-8-9-10-11/h6-7H,1-5H2/p+1. The van der Waals surface area contributed by atoms with Crippen LogP contribution in [0.1, 0.15) is 32.1 Å². The molecule has 60 valence electrons. The normalized spacial score (nSPS) is 31.5. The van der Waals surface area contributed by atoms with Crippen LogP contribution in [0.15, 0.2) is 15.5 Å². The molecule has 0 aromatic carbocycles. The summed E-state index contributed by atoms with van der Waals surface area (Å²) in [6.07, 6.45) is 8.43. The molecule has 1 unspecified atom stereocenters. The van der Waals surface area contributed by atoms with E-state index in [0.29, 0.717) is 6.04 Å². The fourth-order valence-corrected chi connectivity index (χ4v) is 1.77. The Morgan fingerprint density at radius 2 is 2.00 bits per heavy atom. The Morgan fingerprint density at radius 3 is 2.64 bits per heavy atom. The molecule has 0 bridgehead atoms. The van der Waals surface area contributed by atoms with Gasteiger partial charge in [-0.05, 0) is 12.8 Å². The molecule has 1 N–H and O–H groups in total. The minimum atomic E-state index is 0.652. The van der Waals surface area contributed by atoms with Crippen molar-refractivity contribution < 1.29 is 5.01 Å². The van der Waals surface area contributed by atoms with Crippen LogP contribution in [0.25, 0.3) is 0 Å². The minimum Gasteiger partial charge on any atom is -0.142 e. The van der Waals surface area contributed by atoms with Gasteiger partial charge < -0.3 is 0 Å². The summed E-state index contributed by atoms with van der Waals surface area (Å²) in [5.74, 6) is 0. The molecular weight excluding hydrogens is 140 g/mol. The van der Waals surface area contributed by atoms with Crippen molar-refractivity contribution in [3.05, 3.63) is 0 Å². The van der Waals surface area contributed by atoms with Gasteiger partial charge in [-0.2, -0.15) is 0 Å². The second kappa shape index (κ2) is 3.09. The lowest BCUT2D eigenvalue weighted by molar-refractivity contribution is -0.838. The molecule has 4 heteroatoms. The molecule has 0 aromatic heterocycles. The molecular formula is C7H13N4+. The molecule has 1 saturated carbocycles. The number of nitrogens with zero attached hydrogens (tertiary/aromatic N) is 3. The second-order valence-electron chi connectivity index (χ2n) is 3.19. The van der Waals surface area contributed by atoms with E-state index in [4.69, 9.17) is 0 Å². The smallest absolute Gasteiger partial charge is 0.142 e. The van der Waals surface area contributed by atoms with Crippen LogP contribution in [0.3, 0.4) is 0 Å². The van der Waals surface area contributed by atoms with Gasteiger partial charge in [0.1, 0.15) is 6.04 Å². The largest absolute Gasteiger partial charge is 0.238 e. The van der Waals surface area contributed by atoms with Crippen LogP contribution < -0.4 is 5.01 Å². The van der Waals surface area contributed by atoms with Gasteiger partial charge in [-0.1, -0.05) is 11.5 Å². The maximum absolute atomic E-state index is 3.98. The number of hydrogen-bond acceptors (Lipinski definition) is 3. The molecule has 2 rings (SSSR count). The highest BCUT2D eigenvalue weighted by atomic mass is 15.7. The topological polar surface area (TPSA) is 41.5 Å². The Hall–Kier alpha value is -0.770. The van der Waals surface area contributed by atoms with E-state index in [2.05, 4.69) is 15.5 Å². The summed E-state index contributed by atoms with van der Waals surface area (Å²) in [6, 6.07) is 0.652. The number of hydrogen-bond donors (Lipinski definition) is 1. The highest BCUT2D eigenvalue weighted by Gasteiger charge is 2.25. The molecule has 2 aliphatic rings. The van der Waals surface area contributed by atoms with Crippen molar-refractivity contribution in [2.45, 2.75) is 38.1 Å². The van der Waals surface area contributed by atoms with Gasteiger partial charge in [0.05, 0.1) is 5.22 Å². The first-order valence-corrected chi connectivity index (χ1v) is 4.28. The van der Waals surface area contributed by atoms with Gasteiger partial charge in [0, 0.05) is 18.1 Å². The van der Waals surface area contributed by atoms with E-state index in [0.717, 1.165) is 5.01 Å². The first kappa shape index (κ1) is 6.91. The molecule has 1 aliphatic carbocycles. The third-order valence-corrected chi connectivity index (χ3v) is 2.43. The summed E-state index contributed by atoms with van der Waals surface area (Å²) >= 11 is 0. The zero-order valence-corrected chi connectivity index (χ0v) is 6.53. The van der Waals surface area contributed by atoms with Crippen molar-refractivity contribution in [1.82, 2.24) is 0 Å². The van der Waals surface area contributed by atoms with Gasteiger partial charge in [0.2, 0.25) is 6.34 Å². The summed E-state index contributed by atoms with van der Waals surface area (Å²) in [6.45, 7) is 0. The summed E-state index contributed by atoms with van der Waals surface area (Å²) in [5, 5.41) is 12.4. The van der Waals surface area contributed by atoms with E-state index in [9.17, 15) is 0 Å². The van der Waals surface area contributed by atoms with Crippen LogP contribution in [0, 0.1) is 0 Å². The third kappa shape index (κ3) is 1.45. The fourth-order valence-electron chi connectivity index (χ4n) is 1.77. The first-order chi connectivity index (χ1) is 5.47. The summed E-state index contributed by atoms with van der Waals surface area (Å²) in [7, 11) is 0. The average molecular weight is 153 g/mol. The average Bonchev–Trinajstić information content (AvgIpc) is 2.58. The van der Waals surface area contributed by atoms with Crippen molar-refractivity contribution in [2.75, 3.05) is 0 Å². The van der Waals surface area contributed by atoms with Crippen molar-refractivity contribution in [3.8, 4) is 0 Å². The maximum Gasteiger partial charge on any atom is 0.238 e. The van der Waals surface area contributed by atoms with Gasteiger partial charge in [0.15, 0.2) is 0 Å². The maximum atomic E-state index is 3.98. The van der Waals surface area contributed by atoms with Crippen molar-refractivity contribution in [1.29, 1.82) is 0 Å². The van der Waals surface area contributed by atoms with E-state index in [1.807, 2.05) is 0 Å². The summed E-state index contributed by atoms with van der Waals surface area (Å²) in [4.78, 5) is 0. The molecule has 0 spiro atoms. The molecule has 1 fully saturated rings. The summed E-state index contributed by atoms with van der Waals surface area (Å²) < 4.78 is 0. The van der Waals surface area contributed by atoms with E-state index >= 15 is 0 Å². The molecule has 0 aromatic rings. The van der Waals surface area contributed by atoms with Gasteiger partial charge in [-0.3, -0.25) is 0 Å². The Balaban J connectivity index is 1.92. The van der Waals surface area contributed by atoms with Crippen LogP contribution in [-0.4, -0.2) is 12.4 Å². The van der Waals surface area contributed by atoms with Crippen molar-refractivity contribution in [3.63, 3.8) is 0 Å². The molecule has 4 nitrogen and oxygen atoms in total. The van der Waals surface area contributed by atoms with Crippen LogP contribution in [-0.2, 0) is 0 Å². The van der Waals surface area contributed by atoms with E-state index < -0.39 is 0 Å². The predicted octanol–water partition coefficient (Wildman–Crippen LogP) is 0.528. The van der Waals surface area contributed by atoms with E-state index in [1.165, 1.54) is 32.1 Å². The van der Waals surface area contributed by atoms with Gasteiger partial charge in [0.25, 0.3) is 0 Å². The lowest BCUT2D eigenvalue weighted by atomic mass is 9.95. The lowest BCUT2D eigenvalue weighted by Gasteiger charge is -2.20. The Kier molecular flexibility index (Phi) is 1.94. The highest BCUT2D eigenvalue weighted by molar-refractivity contribution is 5.43. The SMILES string of the molecule is C1=NN=N[NH+]1C1CCCCC1. The Morgan fingerprint density at radius 1 is 1.18 bits per heavy atom. The zero-order chi connectivity index (χ0) is 7.52. The van der Waals surface area contributed by atoms with Crippen LogP contribution in [0.4, 0.5) is 0 Å². The van der Waals surface area contributed by atoms with E-state index in [-0.39, 0.29) is 0 Å². The van der Waals surface area contributed by atoms with Crippen molar-refractivity contribution >= 4 is 6.34 Å². The van der Waals surface area contributed by atoms with Crippen LogP contribution in [0.2, 0.25) is 0 Å². The number of quaternary nitrogens is 1. The Labute approximate surface area is 66.0 Å². The van der Waals surface area contributed by atoms with Crippen LogP contribution in [0.5, 0.6) is 0 Å². The van der Waals surface area contributed by atoms with E-state index in [1.54, 1.807) is 6.34 Å². The molecule has 0 amide bonds. The minimum absolute atomic E-state index is 0.652. The van der Waals surface area contributed by atoms with Gasteiger partial charge in [-0.15, -0.1) is 5.01 Å². The zero-order valence-electron chi connectivity index (χ0n) is 6.53.